The van der Waals surface area contributed by atoms with Crippen LogP contribution in [0.1, 0.15) is 42.6 Å². The molecule has 3 rings (SSSR count). The molecule has 1 N–H and O–H groups in total. The van der Waals surface area contributed by atoms with E-state index < -0.39 is 16.0 Å². The third-order valence-corrected chi connectivity index (χ3v) is 5.77. The minimum absolute atomic E-state index is 0.112. The number of sulfonamides is 1. The molecule has 0 fully saturated rings. The Balaban J connectivity index is 0.00000122. The number of aliphatic imine (C=N–C) groups is 1. The molecule has 0 amide bonds. The summed E-state index contributed by atoms with van der Waals surface area (Å²) in [7, 11) is 0.827. The van der Waals surface area contributed by atoms with Crippen LogP contribution in [-0.4, -0.2) is 54.7 Å². The summed E-state index contributed by atoms with van der Waals surface area (Å²) in [5.74, 6) is 0.826. The zero-order chi connectivity index (χ0) is 24.4. The first-order chi connectivity index (χ1) is 15.8. The molecule has 0 bridgehead atoms. The number of hydrogen-bond donors (Lipinski definition) is 1. The quantitative estimate of drug-likeness (QED) is 0.457. The number of carbonyl (C=O) groups is 1. The van der Waals surface area contributed by atoms with Gasteiger partial charge in [0.05, 0.1) is 38.4 Å². The van der Waals surface area contributed by atoms with Crippen molar-refractivity contribution in [1.82, 2.24) is 4.72 Å². The number of methoxy groups -OCH3 is 3. The lowest BCUT2D eigenvalue weighted by molar-refractivity contribution is 0.0502. The molecular weight excluding hydrogens is 448 g/mol. The van der Waals surface area contributed by atoms with Gasteiger partial charge in [0.1, 0.15) is 5.84 Å². The van der Waals surface area contributed by atoms with Gasteiger partial charge in [-0.25, -0.2) is 13.2 Å². The summed E-state index contributed by atoms with van der Waals surface area (Å²) in [5.41, 5.74) is 0.792. The van der Waals surface area contributed by atoms with E-state index in [1.54, 1.807) is 18.2 Å². The number of rotatable bonds is 8. The van der Waals surface area contributed by atoms with Crippen molar-refractivity contribution < 1.29 is 32.2 Å². The monoisotopic (exact) mass is 478 g/mol. The van der Waals surface area contributed by atoms with Crippen molar-refractivity contribution in [3.05, 3.63) is 47.5 Å². The standard InChI is InChI=1S/C20H22N2O7S.C3H8/c1-26-15-11-13(12-16(27-2)18(15)28-3)20(23)29-10-6-9-21-19-14-7-4-5-8-17(14)30(24,25)22-19;1-3-2/h4-5,7-8,11-12H,6,9-10H2,1-3H3,(H,21,22);3H2,1-2H3. The lowest BCUT2D eigenvalue weighted by Crippen LogP contribution is -2.22. The maximum Gasteiger partial charge on any atom is 0.338 e. The molecule has 0 aromatic heterocycles. The number of benzene rings is 2. The number of nitrogens with one attached hydrogen (secondary N) is 1. The van der Waals surface area contributed by atoms with E-state index in [1.807, 2.05) is 0 Å². The smallest absolute Gasteiger partial charge is 0.338 e. The summed E-state index contributed by atoms with van der Waals surface area (Å²) in [6.07, 6.45) is 1.67. The van der Waals surface area contributed by atoms with Crippen LogP contribution in [0.2, 0.25) is 0 Å². The molecule has 0 atom stereocenters. The van der Waals surface area contributed by atoms with Crippen molar-refractivity contribution in [3.8, 4) is 17.2 Å². The molecule has 10 heteroatoms. The van der Waals surface area contributed by atoms with E-state index in [-0.39, 0.29) is 23.6 Å². The van der Waals surface area contributed by atoms with E-state index in [4.69, 9.17) is 18.9 Å². The molecule has 0 spiro atoms. The van der Waals surface area contributed by atoms with E-state index in [2.05, 4.69) is 23.6 Å². The van der Waals surface area contributed by atoms with Crippen LogP contribution in [0.3, 0.4) is 0 Å². The van der Waals surface area contributed by atoms with Crippen molar-refractivity contribution in [2.75, 3.05) is 34.5 Å². The van der Waals surface area contributed by atoms with Gasteiger partial charge in [0.25, 0.3) is 10.0 Å². The Morgan fingerprint density at radius 2 is 1.61 bits per heavy atom. The van der Waals surface area contributed by atoms with Crippen molar-refractivity contribution in [3.63, 3.8) is 0 Å². The fourth-order valence-electron chi connectivity index (χ4n) is 2.95. The number of ether oxygens (including phenoxy) is 4. The van der Waals surface area contributed by atoms with Gasteiger partial charge in [-0.15, -0.1) is 0 Å². The van der Waals surface area contributed by atoms with E-state index in [0.29, 0.717) is 35.1 Å². The fourth-order valence-corrected chi connectivity index (χ4v) is 4.20. The first kappa shape index (κ1) is 26.0. The molecule has 0 radical (unpaired) electrons. The highest BCUT2D eigenvalue weighted by atomic mass is 32.2. The number of amidine groups is 1. The van der Waals surface area contributed by atoms with Gasteiger partial charge < -0.3 is 18.9 Å². The summed E-state index contributed by atoms with van der Waals surface area (Å²) in [6.45, 7) is 4.65. The predicted molar refractivity (Wildman–Crippen MR) is 125 cm³/mol. The largest absolute Gasteiger partial charge is 0.493 e. The van der Waals surface area contributed by atoms with E-state index in [1.165, 1.54) is 45.9 Å². The minimum atomic E-state index is -3.57. The zero-order valence-corrected chi connectivity index (χ0v) is 20.3. The average Bonchev–Trinajstić information content (AvgIpc) is 3.08. The molecule has 0 saturated carbocycles. The predicted octanol–water partition coefficient (Wildman–Crippen LogP) is 3.41. The van der Waals surface area contributed by atoms with Crippen molar-refractivity contribution in [2.45, 2.75) is 31.6 Å². The van der Waals surface area contributed by atoms with Crippen LogP contribution in [0, 0.1) is 0 Å². The molecule has 2 aromatic carbocycles. The van der Waals surface area contributed by atoms with Gasteiger partial charge in [-0.3, -0.25) is 9.71 Å². The van der Waals surface area contributed by atoms with Gasteiger partial charge in [0.15, 0.2) is 11.5 Å². The van der Waals surface area contributed by atoms with Crippen LogP contribution in [0.5, 0.6) is 17.2 Å². The Bertz CT molecular complexity index is 1070. The van der Waals surface area contributed by atoms with Crippen LogP contribution in [0.15, 0.2) is 46.3 Å². The normalized spacial score (nSPS) is 14.4. The molecule has 2 aromatic rings. The SMILES string of the molecule is CCC.COc1cc(C(=O)OCCCN=C2NS(=O)(=O)c3ccccc32)cc(OC)c1OC. The van der Waals surface area contributed by atoms with E-state index in [0.717, 1.165) is 0 Å². The van der Waals surface area contributed by atoms with E-state index in [9.17, 15) is 13.2 Å². The van der Waals surface area contributed by atoms with Crippen LogP contribution in [0.4, 0.5) is 0 Å². The van der Waals surface area contributed by atoms with Crippen LogP contribution < -0.4 is 18.9 Å². The second kappa shape index (κ2) is 12.1. The average molecular weight is 479 g/mol. The maximum absolute atomic E-state index is 12.3. The molecule has 0 unspecified atom stereocenters. The number of nitrogens with zero attached hydrogens (tertiary/aromatic N) is 1. The number of fused-ring (bicyclic) bond motifs is 1. The van der Waals surface area contributed by atoms with Gasteiger partial charge in [-0.2, -0.15) is 0 Å². The van der Waals surface area contributed by atoms with Crippen molar-refractivity contribution in [1.29, 1.82) is 0 Å². The topological polar surface area (TPSA) is 113 Å². The third-order valence-electron chi connectivity index (χ3n) is 4.37. The molecular formula is C23H30N2O7S. The highest BCUT2D eigenvalue weighted by Gasteiger charge is 2.29. The number of carbonyl (C=O) groups excluding carboxylic acids is 1. The molecule has 0 aliphatic carbocycles. The summed E-state index contributed by atoms with van der Waals surface area (Å²) in [4.78, 5) is 16.8. The number of esters is 1. The van der Waals surface area contributed by atoms with Gasteiger partial charge >= 0.3 is 5.97 Å². The summed E-state index contributed by atoms with van der Waals surface area (Å²) in [5, 5.41) is 0. The second-order valence-electron chi connectivity index (χ2n) is 6.94. The minimum Gasteiger partial charge on any atom is -0.493 e. The Kier molecular flexibility index (Phi) is 9.53. The van der Waals surface area contributed by atoms with Crippen LogP contribution >= 0.6 is 0 Å². The van der Waals surface area contributed by atoms with E-state index >= 15 is 0 Å². The number of hydrogen-bond acceptors (Lipinski definition) is 8. The van der Waals surface area contributed by atoms with Gasteiger partial charge in [-0.1, -0.05) is 32.4 Å². The Morgan fingerprint density at radius 1 is 1.00 bits per heavy atom. The molecule has 1 aliphatic heterocycles. The lowest BCUT2D eigenvalue weighted by atomic mass is 10.2. The lowest BCUT2D eigenvalue weighted by Gasteiger charge is -2.13. The van der Waals surface area contributed by atoms with Crippen LogP contribution in [-0.2, 0) is 14.8 Å². The zero-order valence-electron chi connectivity index (χ0n) is 19.5. The Morgan fingerprint density at radius 3 is 2.18 bits per heavy atom. The van der Waals surface area contributed by atoms with Gasteiger partial charge in [0, 0.05) is 18.5 Å². The van der Waals surface area contributed by atoms with Gasteiger partial charge in [-0.05, 0) is 24.3 Å². The third kappa shape index (κ3) is 6.38. The molecule has 1 heterocycles. The first-order valence-corrected chi connectivity index (χ1v) is 11.9. The summed E-state index contributed by atoms with van der Waals surface area (Å²) >= 11 is 0. The highest BCUT2D eigenvalue weighted by molar-refractivity contribution is 7.90. The maximum atomic E-state index is 12.3. The molecule has 9 nitrogen and oxygen atoms in total. The molecule has 180 valence electrons. The van der Waals surface area contributed by atoms with Gasteiger partial charge in [0.2, 0.25) is 5.75 Å². The highest BCUT2D eigenvalue weighted by Crippen LogP contribution is 2.38. The summed E-state index contributed by atoms with van der Waals surface area (Å²) < 4.78 is 47.5. The first-order valence-electron chi connectivity index (χ1n) is 10.5. The molecule has 0 saturated heterocycles. The molecule has 33 heavy (non-hydrogen) atoms. The van der Waals surface area contributed by atoms with Crippen molar-refractivity contribution in [2.24, 2.45) is 4.99 Å². The van der Waals surface area contributed by atoms with Crippen molar-refractivity contribution >= 4 is 21.8 Å². The Hall–Kier alpha value is -3.27. The molecule has 1 aliphatic rings. The Labute approximate surface area is 194 Å². The van der Waals surface area contributed by atoms with Crippen LogP contribution in [0.25, 0.3) is 0 Å². The second-order valence-corrected chi connectivity index (χ2v) is 8.59. The summed E-state index contributed by atoms with van der Waals surface area (Å²) in [6, 6.07) is 9.64. The fraction of sp³-hybridized carbons (Fsp3) is 0.391.